The van der Waals surface area contributed by atoms with Gasteiger partial charge in [-0.05, 0) is 21.2 Å². The number of carbonyl (C=O) groups is 2. The zero-order chi connectivity index (χ0) is 35.8. The molecule has 0 aliphatic heterocycles. The molecule has 256 valence electrons. The fourth-order valence-corrected chi connectivity index (χ4v) is 7.20. The minimum Gasteiger partial charge on any atom is -0.461 e. The van der Waals surface area contributed by atoms with E-state index in [0.717, 1.165) is 18.2 Å². The molecule has 12 heteroatoms. The molecule has 46 heavy (non-hydrogen) atoms. The fourth-order valence-electron chi connectivity index (χ4n) is 3.64. The maximum absolute atomic E-state index is 12.2. The van der Waals surface area contributed by atoms with Crippen LogP contribution in [0.5, 0.6) is 0 Å². The van der Waals surface area contributed by atoms with Crippen molar-refractivity contribution in [2.45, 2.75) is 103 Å². The molecule has 0 heterocycles. The van der Waals surface area contributed by atoms with E-state index in [-0.39, 0.29) is 52.1 Å². The standard InChI is InChI=1S/C17H27NO4Si.C16H24O2Si.CH3NO2/c1-17(2,3)23(4,5)15(12-18(20)21)11-16(19)22-13-14-9-7-6-8-10-14;1-16(2,3)19(4,5)12-11-15(17)18-13-14-9-7-6-8-10-14;1-2(3)4/h6-10,15H,11-13H2,1-5H3;6-12H,13H2,1-5H3;1H3/b;12-11+;. The van der Waals surface area contributed by atoms with Gasteiger partial charge in [0.15, 0.2) is 7.05 Å². The Kier molecular flexibility index (Phi) is 17.6. The summed E-state index contributed by atoms with van der Waals surface area (Å²) in [7, 11) is -2.68. The van der Waals surface area contributed by atoms with Gasteiger partial charge in [0.2, 0.25) is 6.54 Å². The summed E-state index contributed by atoms with van der Waals surface area (Å²) < 4.78 is 10.5. The first-order chi connectivity index (χ1) is 21.0. The molecule has 0 bridgehead atoms. The van der Waals surface area contributed by atoms with Gasteiger partial charge in [0.1, 0.15) is 13.2 Å². The number of benzene rings is 2. The van der Waals surface area contributed by atoms with E-state index >= 15 is 0 Å². The van der Waals surface area contributed by atoms with Crippen molar-refractivity contribution in [3.05, 3.63) is 104 Å². The lowest BCUT2D eigenvalue weighted by molar-refractivity contribution is -0.480. The van der Waals surface area contributed by atoms with Crippen LogP contribution < -0.4 is 0 Å². The number of esters is 2. The van der Waals surface area contributed by atoms with Crippen LogP contribution in [0.15, 0.2) is 72.4 Å². The Labute approximate surface area is 276 Å². The Morgan fingerprint density at radius 2 is 1.20 bits per heavy atom. The molecular weight excluding hydrogens is 621 g/mol. The highest BCUT2D eigenvalue weighted by Crippen LogP contribution is 2.45. The third-order valence-electron chi connectivity index (χ3n) is 8.77. The van der Waals surface area contributed by atoms with Gasteiger partial charge in [-0.2, -0.15) is 0 Å². The summed E-state index contributed by atoms with van der Waals surface area (Å²) in [5.41, 5.74) is 3.76. The molecule has 2 aromatic rings. The van der Waals surface area contributed by atoms with Crippen molar-refractivity contribution in [2.24, 2.45) is 0 Å². The second kappa shape index (κ2) is 19.1. The van der Waals surface area contributed by atoms with Gasteiger partial charge in [-0.25, -0.2) is 4.79 Å². The number of rotatable bonds is 11. The predicted octanol–water partition coefficient (Wildman–Crippen LogP) is 8.50. The summed E-state index contributed by atoms with van der Waals surface area (Å²) in [5, 5.41) is 20.0. The van der Waals surface area contributed by atoms with Crippen LogP contribution in [0, 0.1) is 20.2 Å². The molecule has 0 amide bonds. The lowest BCUT2D eigenvalue weighted by Crippen LogP contribution is -2.45. The van der Waals surface area contributed by atoms with Gasteiger partial charge in [-0.3, -0.25) is 25.0 Å². The van der Waals surface area contributed by atoms with Crippen LogP contribution in [0.1, 0.15) is 59.1 Å². The van der Waals surface area contributed by atoms with E-state index < -0.39 is 21.1 Å². The molecule has 0 saturated carbocycles. The highest BCUT2D eigenvalue weighted by molar-refractivity contribution is 6.85. The molecule has 2 aromatic carbocycles. The minimum absolute atomic E-state index is 0.0204. The summed E-state index contributed by atoms with van der Waals surface area (Å²) in [5.74, 6) is -0.612. The van der Waals surface area contributed by atoms with Crippen molar-refractivity contribution in [3.63, 3.8) is 0 Å². The molecule has 1 atom stereocenters. The van der Waals surface area contributed by atoms with Gasteiger partial charge in [-0.1, -0.05) is 134 Å². The molecule has 10 nitrogen and oxygen atoms in total. The van der Waals surface area contributed by atoms with Crippen LogP contribution in [-0.4, -0.2) is 51.5 Å². The number of ether oxygens (including phenoxy) is 2. The number of carbonyl (C=O) groups excluding carboxylic acids is 2. The number of nitrogens with zero attached hydrogens (tertiary/aromatic N) is 2. The molecule has 0 saturated heterocycles. The molecule has 0 aliphatic carbocycles. The monoisotopic (exact) mass is 674 g/mol. The van der Waals surface area contributed by atoms with Crippen LogP contribution in [-0.2, 0) is 32.3 Å². The van der Waals surface area contributed by atoms with Crippen molar-refractivity contribution in [3.8, 4) is 0 Å². The first kappa shape index (κ1) is 42.4. The number of hydrogen-bond donors (Lipinski definition) is 0. The van der Waals surface area contributed by atoms with Gasteiger partial charge >= 0.3 is 11.9 Å². The van der Waals surface area contributed by atoms with E-state index in [2.05, 4.69) is 73.4 Å². The van der Waals surface area contributed by atoms with Crippen LogP contribution in [0.25, 0.3) is 0 Å². The molecule has 0 aromatic heterocycles. The summed E-state index contributed by atoms with van der Waals surface area (Å²) in [6.45, 7) is 22.1. The fraction of sp³-hybridized carbons (Fsp3) is 0.529. The van der Waals surface area contributed by atoms with Crippen molar-refractivity contribution < 1.29 is 28.9 Å². The van der Waals surface area contributed by atoms with Gasteiger partial charge < -0.3 is 9.47 Å². The molecule has 0 radical (unpaired) electrons. The van der Waals surface area contributed by atoms with Crippen LogP contribution in [0.2, 0.25) is 41.8 Å². The van der Waals surface area contributed by atoms with Crippen molar-refractivity contribution in [1.82, 2.24) is 0 Å². The topological polar surface area (TPSA) is 139 Å². The second-order valence-electron chi connectivity index (χ2n) is 14.4. The van der Waals surface area contributed by atoms with Crippen LogP contribution in [0.3, 0.4) is 0 Å². The normalized spacial score (nSPS) is 12.5. The SMILES string of the molecule is CC(C)(C)[Si](C)(C)/C=C/C(=O)OCc1ccccc1.CC(C)(C)[Si](C)(C)C(CC(=O)OCc1ccccc1)C[N+](=O)[O-].C[N+](=O)[O-]. The van der Waals surface area contributed by atoms with Crippen molar-refractivity contribution >= 4 is 28.1 Å². The molecule has 0 spiro atoms. The quantitative estimate of drug-likeness (QED) is 0.0760. The molecule has 1 unspecified atom stereocenters. The first-order valence-electron chi connectivity index (χ1n) is 15.3. The van der Waals surface area contributed by atoms with E-state index in [4.69, 9.17) is 19.6 Å². The Balaban J connectivity index is 0.000000799. The van der Waals surface area contributed by atoms with E-state index in [0.29, 0.717) is 6.61 Å². The van der Waals surface area contributed by atoms with Crippen LogP contribution >= 0.6 is 0 Å². The predicted molar refractivity (Wildman–Crippen MR) is 189 cm³/mol. The Morgan fingerprint density at radius 1 is 0.783 bits per heavy atom. The highest BCUT2D eigenvalue weighted by atomic mass is 28.3. The molecular formula is C34H54N2O8Si2. The Morgan fingerprint density at radius 3 is 1.57 bits per heavy atom. The number of hydrogen-bond acceptors (Lipinski definition) is 8. The zero-order valence-corrected chi connectivity index (χ0v) is 31.5. The van der Waals surface area contributed by atoms with E-state index in [1.165, 1.54) is 0 Å². The lowest BCUT2D eigenvalue weighted by atomic mass is 10.2. The Bertz CT molecular complexity index is 1270. The minimum atomic E-state index is -2.01. The summed E-state index contributed by atoms with van der Waals surface area (Å²) >= 11 is 0. The summed E-state index contributed by atoms with van der Waals surface area (Å²) in [6.07, 6.45) is 1.71. The van der Waals surface area contributed by atoms with E-state index in [1.807, 2.05) is 60.7 Å². The third kappa shape index (κ3) is 17.2. The smallest absolute Gasteiger partial charge is 0.330 e. The highest BCUT2D eigenvalue weighted by Gasteiger charge is 2.45. The van der Waals surface area contributed by atoms with E-state index in [1.54, 1.807) is 6.08 Å². The third-order valence-corrected chi connectivity index (χ3v) is 19.9. The number of nitro groups is 2. The average molecular weight is 675 g/mol. The molecule has 2 rings (SSSR count). The van der Waals surface area contributed by atoms with Crippen LogP contribution in [0.4, 0.5) is 0 Å². The van der Waals surface area contributed by atoms with Gasteiger partial charge in [0, 0.05) is 21.5 Å². The maximum atomic E-state index is 12.2. The summed E-state index contributed by atoms with van der Waals surface area (Å²) in [4.78, 5) is 42.9. The van der Waals surface area contributed by atoms with Gasteiger partial charge in [-0.15, -0.1) is 0 Å². The molecule has 0 aliphatic rings. The Hall–Kier alpha value is -3.65. The summed E-state index contributed by atoms with van der Waals surface area (Å²) in [6, 6.07) is 19.2. The second-order valence-corrected chi connectivity index (χ2v) is 25.4. The first-order valence-corrected chi connectivity index (χ1v) is 21.4. The molecule has 0 N–H and O–H groups in total. The van der Waals surface area contributed by atoms with Crippen molar-refractivity contribution in [2.75, 3.05) is 13.6 Å². The zero-order valence-electron chi connectivity index (χ0n) is 29.5. The lowest BCUT2D eigenvalue weighted by Gasteiger charge is -2.41. The van der Waals surface area contributed by atoms with Gasteiger partial charge in [0.05, 0.1) is 22.6 Å². The average Bonchev–Trinajstić information content (AvgIpc) is 2.93. The van der Waals surface area contributed by atoms with Gasteiger partial charge in [0.25, 0.3) is 0 Å². The van der Waals surface area contributed by atoms with E-state index in [9.17, 15) is 19.7 Å². The molecule has 0 fully saturated rings. The van der Waals surface area contributed by atoms with Crippen molar-refractivity contribution in [1.29, 1.82) is 0 Å². The maximum Gasteiger partial charge on any atom is 0.330 e. The largest absolute Gasteiger partial charge is 0.461 e.